The number of amides is 1. The van der Waals surface area contributed by atoms with Crippen molar-refractivity contribution in [3.05, 3.63) is 24.3 Å². The summed E-state index contributed by atoms with van der Waals surface area (Å²) in [5.41, 5.74) is 0. The second-order valence-corrected chi connectivity index (χ2v) is 7.91. The van der Waals surface area contributed by atoms with E-state index in [-0.39, 0.29) is 29.2 Å². The molecule has 1 aliphatic heterocycles. The molecule has 110 valence electrons. The van der Waals surface area contributed by atoms with Gasteiger partial charge in [-0.15, -0.1) is 11.8 Å². The number of benzene rings is 1. The van der Waals surface area contributed by atoms with Gasteiger partial charge < -0.3 is 10.1 Å². The average molecular weight is 315 g/mol. The summed E-state index contributed by atoms with van der Waals surface area (Å²) in [7, 11) is -1.35. The molecule has 1 heterocycles. The predicted octanol–water partition coefficient (Wildman–Crippen LogP) is 1.09. The van der Waals surface area contributed by atoms with Crippen LogP contribution in [0.15, 0.2) is 29.2 Å². The van der Waals surface area contributed by atoms with Gasteiger partial charge in [0, 0.05) is 10.9 Å². The molecule has 2 rings (SSSR count). The smallest absolute Gasteiger partial charge is 0.230 e. The lowest BCUT2D eigenvalue weighted by atomic mass is 10.3. The normalized spacial score (nSPS) is 20.6. The van der Waals surface area contributed by atoms with Crippen LogP contribution in [0.1, 0.15) is 6.42 Å². The Labute approximate surface area is 123 Å². The van der Waals surface area contributed by atoms with Crippen molar-refractivity contribution >= 4 is 27.5 Å². The molecule has 0 unspecified atom stereocenters. The van der Waals surface area contributed by atoms with Gasteiger partial charge in [0.1, 0.15) is 5.75 Å². The highest BCUT2D eigenvalue weighted by Gasteiger charge is 2.28. The molecule has 5 nitrogen and oxygen atoms in total. The van der Waals surface area contributed by atoms with Crippen molar-refractivity contribution < 1.29 is 17.9 Å². The molecule has 1 aromatic carbocycles. The summed E-state index contributed by atoms with van der Waals surface area (Å²) >= 11 is 1.41. The first kappa shape index (κ1) is 15.2. The summed E-state index contributed by atoms with van der Waals surface area (Å²) < 4.78 is 27.6. The molecule has 20 heavy (non-hydrogen) atoms. The Morgan fingerprint density at radius 1 is 1.40 bits per heavy atom. The van der Waals surface area contributed by atoms with Crippen LogP contribution in [0.25, 0.3) is 0 Å². The maximum atomic E-state index is 11.8. The minimum absolute atomic E-state index is 0.0615. The quantitative estimate of drug-likeness (QED) is 0.824. The third kappa shape index (κ3) is 4.42. The number of hydrogen-bond acceptors (Lipinski definition) is 5. The first-order chi connectivity index (χ1) is 9.48. The topological polar surface area (TPSA) is 72.5 Å². The Balaban J connectivity index is 1.77. The number of methoxy groups -OCH3 is 1. The molecule has 0 aliphatic carbocycles. The van der Waals surface area contributed by atoms with Crippen molar-refractivity contribution in [3.8, 4) is 5.75 Å². The van der Waals surface area contributed by atoms with Crippen LogP contribution in [0, 0.1) is 0 Å². The zero-order chi connectivity index (χ0) is 14.6. The molecule has 1 atom stereocenters. The van der Waals surface area contributed by atoms with Gasteiger partial charge in [0.2, 0.25) is 5.91 Å². The fourth-order valence-electron chi connectivity index (χ4n) is 2.00. The van der Waals surface area contributed by atoms with Gasteiger partial charge in [0.15, 0.2) is 9.84 Å². The zero-order valence-electron chi connectivity index (χ0n) is 11.2. The molecule has 0 spiro atoms. The molecule has 1 N–H and O–H groups in total. The number of rotatable bonds is 5. The van der Waals surface area contributed by atoms with E-state index in [0.29, 0.717) is 6.42 Å². The number of ether oxygens (including phenoxy) is 1. The Morgan fingerprint density at radius 2 is 2.10 bits per heavy atom. The van der Waals surface area contributed by atoms with Crippen molar-refractivity contribution in [2.75, 3.05) is 24.4 Å². The first-order valence-corrected chi connectivity index (χ1v) is 9.06. The van der Waals surface area contributed by atoms with Gasteiger partial charge in [-0.3, -0.25) is 4.79 Å². The third-order valence-electron chi connectivity index (χ3n) is 3.03. The van der Waals surface area contributed by atoms with Gasteiger partial charge >= 0.3 is 0 Å². The van der Waals surface area contributed by atoms with Gasteiger partial charge in [-0.25, -0.2) is 8.42 Å². The molecule has 0 bridgehead atoms. The molecule has 7 heteroatoms. The molecule has 1 amide bonds. The second-order valence-electron chi connectivity index (χ2n) is 4.63. The average Bonchev–Trinajstić information content (AvgIpc) is 2.76. The number of thioether (sulfide) groups is 1. The highest BCUT2D eigenvalue weighted by atomic mass is 32.2. The van der Waals surface area contributed by atoms with Crippen LogP contribution < -0.4 is 10.1 Å². The van der Waals surface area contributed by atoms with Crippen molar-refractivity contribution in [3.63, 3.8) is 0 Å². The molecular weight excluding hydrogens is 298 g/mol. The number of sulfone groups is 1. The van der Waals surface area contributed by atoms with E-state index in [1.807, 2.05) is 24.3 Å². The molecule has 0 saturated carbocycles. The largest absolute Gasteiger partial charge is 0.497 e. The van der Waals surface area contributed by atoms with E-state index in [9.17, 15) is 13.2 Å². The highest BCUT2D eigenvalue weighted by molar-refractivity contribution is 8.00. The van der Waals surface area contributed by atoms with Gasteiger partial charge in [0.25, 0.3) is 0 Å². The summed E-state index contributed by atoms with van der Waals surface area (Å²) in [4.78, 5) is 12.7. The molecule has 1 aliphatic rings. The Morgan fingerprint density at radius 3 is 2.65 bits per heavy atom. The van der Waals surface area contributed by atoms with E-state index in [1.54, 1.807) is 7.11 Å². The Kier molecular flexibility index (Phi) is 4.93. The number of nitrogens with one attached hydrogen (secondary N) is 1. The Bertz CT molecular complexity index is 569. The fraction of sp³-hybridized carbons (Fsp3) is 0.462. The van der Waals surface area contributed by atoms with Crippen LogP contribution >= 0.6 is 11.8 Å². The SMILES string of the molecule is COc1ccc(SCC(=O)N[C@H]2CCS(=O)(=O)C2)cc1. The summed E-state index contributed by atoms with van der Waals surface area (Å²) in [5.74, 6) is 1.15. The zero-order valence-corrected chi connectivity index (χ0v) is 12.8. The van der Waals surface area contributed by atoms with E-state index in [1.165, 1.54) is 11.8 Å². The summed E-state index contributed by atoms with van der Waals surface area (Å²) in [5, 5.41) is 2.76. The standard InChI is InChI=1S/C13H17NO4S2/c1-18-11-2-4-12(5-3-11)19-8-13(15)14-10-6-7-20(16,17)9-10/h2-5,10H,6-9H2,1H3,(H,14,15)/t10-/m0/s1. The van der Waals surface area contributed by atoms with Crippen LogP contribution in [-0.4, -0.2) is 44.7 Å². The van der Waals surface area contributed by atoms with Crippen molar-refractivity contribution in [1.29, 1.82) is 0 Å². The highest BCUT2D eigenvalue weighted by Crippen LogP contribution is 2.21. The summed E-state index contributed by atoms with van der Waals surface area (Å²) in [6.07, 6.45) is 0.515. The lowest BCUT2D eigenvalue weighted by molar-refractivity contribution is -0.119. The molecular formula is C13H17NO4S2. The van der Waals surface area contributed by atoms with Crippen molar-refractivity contribution in [1.82, 2.24) is 5.32 Å². The minimum atomic E-state index is -2.95. The molecule has 1 aromatic rings. The molecule has 1 saturated heterocycles. The molecule has 1 fully saturated rings. The number of hydrogen-bond donors (Lipinski definition) is 1. The van der Waals surface area contributed by atoms with Crippen LogP contribution in [0.5, 0.6) is 5.75 Å². The van der Waals surface area contributed by atoms with Crippen molar-refractivity contribution in [2.24, 2.45) is 0 Å². The summed E-state index contributed by atoms with van der Waals surface area (Å²) in [6.45, 7) is 0. The van der Waals surface area contributed by atoms with E-state index >= 15 is 0 Å². The van der Waals surface area contributed by atoms with Crippen LogP contribution in [0.2, 0.25) is 0 Å². The lowest BCUT2D eigenvalue weighted by Crippen LogP contribution is -2.36. The van der Waals surface area contributed by atoms with Crippen molar-refractivity contribution in [2.45, 2.75) is 17.4 Å². The fourth-order valence-corrected chi connectivity index (χ4v) is 4.38. The number of carbonyl (C=O) groups is 1. The van der Waals surface area contributed by atoms with E-state index in [0.717, 1.165) is 10.6 Å². The van der Waals surface area contributed by atoms with E-state index < -0.39 is 9.84 Å². The minimum Gasteiger partial charge on any atom is -0.497 e. The van der Waals surface area contributed by atoms with Gasteiger partial charge in [-0.2, -0.15) is 0 Å². The van der Waals surface area contributed by atoms with Gasteiger partial charge in [-0.1, -0.05) is 0 Å². The molecule has 0 radical (unpaired) electrons. The number of carbonyl (C=O) groups excluding carboxylic acids is 1. The maximum Gasteiger partial charge on any atom is 0.230 e. The van der Waals surface area contributed by atoms with Crippen LogP contribution in [0.3, 0.4) is 0 Å². The maximum absolute atomic E-state index is 11.8. The monoisotopic (exact) mass is 315 g/mol. The Hall–Kier alpha value is -1.21. The second kappa shape index (κ2) is 6.49. The van der Waals surface area contributed by atoms with Gasteiger partial charge in [0.05, 0.1) is 24.4 Å². The van der Waals surface area contributed by atoms with Gasteiger partial charge in [-0.05, 0) is 30.7 Å². The lowest BCUT2D eigenvalue weighted by Gasteiger charge is -2.10. The van der Waals surface area contributed by atoms with Crippen LogP contribution in [-0.2, 0) is 14.6 Å². The van der Waals surface area contributed by atoms with E-state index in [2.05, 4.69) is 5.32 Å². The molecule has 0 aromatic heterocycles. The predicted molar refractivity (Wildman–Crippen MR) is 78.9 cm³/mol. The summed E-state index contributed by atoms with van der Waals surface area (Å²) in [6, 6.07) is 7.21. The van der Waals surface area contributed by atoms with E-state index in [4.69, 9.17) is 4.74 Å². The first-order valence-electron chi connectivity index (χ1n) is 6.25. The third-order valence-corrected chi connectivity index (χ3v) is 5.81. The van der Waals surface area contributed by atoms with Crippen LogP contribution in [0.4, 0.5) is 0 Å².